The van der Waals surface area contributed by atoms with Crippen LogP contribution in [0.2, 0.25) is 5.02 Å². The third-order valence-electron chi connectivity index (χ3n) is 5.68. The summed E-state index contributed by atoms with van der Waals surface area (Å²) in [6, 6.07) is 11.2. The first kappa shape index (κ1) is 22.7. The van der Waals surface area contributed by atoms with Gasteiger partial charge in [-0.15, -0.1) is 0 Å². The summed E-state index contributed by atoms with van der Waals surface area (Å²) >= 11 is 5.95. The molecule has 4 rings (SSSR count). The number of nitrogens with zero attached hydrogens (tertiary/aromatic N) is 2. The second-order valence-electron chi connectivity index (χ2n) is 7.74. The van der Waals surface area contributed by atoms with Gasteiger partial charge < -0.3 is 20.1 Å². The molecule has 8 nitrogen and oxygen atoms in total. The van der Waals surface area contributed by atoms with Crippen molar-refractivity contribution in [3.8, 4) is 11.5 Å². The molecular formula is C24H25ClN4O4. The molecule has 2 unspecified atom stereocenters. The highest BCUT2D eigenvalue weighted by molar-refractivity contribution is 6.30. The molecule has 2 N–H and O–H groups in total. The molecule has 0 radical (unpaired) electrons. The number of fused-ring (bicyclic) bond motifs is 1. The highest BCUT2D eigenvalue weighted by atomic mass is 35.5. The van der Waals surface area contributed by atoms with Crippen LogP contribution in [0.3, 0.4) is 0 Å². The molecule has 2 amide bonds. The van der Waals surface area contributed by atoms with E-state index < -0.39 is 12.0 Å². The lowest BCUT2D eigenvalue weighted by atomic mass is 9.81. The fourth-order valence-electron chi connectivity index (χ4n) is 4.19. The van der Waals surface area contributed by atoms with E-state index in [0.29, 0.717) is 34.5 Å². The number of ether oxygens (including phenoxy) is 2. The van der Waals surface area contributed by atoms with Gasteiger partial charge in [-0.3, -0.25) is 14.3 Å². The molecule has 1 aromatic heterocycles. The fraction of sp³-hybridized carbons (Fsp3) is 0.292. The number of aromatic nitrogens is 2. The van der Waals surface area contributed by atoms with Gasteiger partial charge in [0.25, 0.3) is 5.91 Å². The second kappa shape index (κ2) is 9.15. The number of aryl methyl sites for hydroxylation is 2. The second-order valence-corrected chi connectivity index (χ2v) is 8.18. The zero-order valence-electron chi connectivity index (χ0n) is 18.8. The van der Waals surface area contributed by atoms with E-state index in [1.165, 1.54) is 0 Å². The quantitative estimate of drug-likeness (QED) is 0.575. The summed E-state index contributed by atoms with van der Waals surface area (Å²) in [6.45, 7) is 4.27. The normalized spacial score (nSPS) is 17.2. The van der Waals surface area contributed by atoms with Crippen molar-refractivity contribution in [2.24, 2.45) is 7.05 Å². The Hall–Kier alpha value is -3.52. The minimum Gasteiger partial charge on any atom is -0.493 e. The summed E-state index contributed by atoms with van der Waals surface area (Å²) in [5, 5.41) is 10.8. The van der Waals surface area contributed by atoms with Gasteiger partial charge in [-0.2, -0.15) is 5.10 Å². The standard InChI is InChI=1S/C24H25ClN4O4/c1-5-33-17-11-8-15(12-18(17)32-4)20-19-13(2)28-29(3)22(19)27-24(31)21(20)26-23(30)14-6-9-16(25)10-7-14/h6-12,20-21H,5H2,1-4H3,(H,26,30)(H,27,31). The molecule has 172 valence electrons. The number of carbonyl (C=O) groups is 2. The SMILES string of the molecule is CCOc1ccc(C2c3c(C)nn(C)c3NC(=O)C2NC(=O)c2ccc(Cl)cc2)cc1OC. The van der Waals surface area contributed by atoms with Gasteiger partial charge in [0.15, 0.2) is 11.5 Å². The smallest absolute Gasteiger partial charge is 0.251 e. The zero-order chi connectivity index (χ0) is 23.7. The van der Waals surface area contributed by atoms with Crippen molar-refractivity contribution in [1.82, 2.24) is 15.1 Å². The van der Waals surface area contributed by atoms with Crippen LogP contribution < -0.4 is 20.1 Å². The molecule has 2 aromatic carbocycles. The minimum absolute atomic E-state index is 0.328. The zero-order valence-corrected chi connectivity index (χ0v) is 19.6. The summed E-state index contributed by atoms with van der Waals surface area (Å²) in [5.74, 6) is 0.570. The van der Waals surface area contributed by atoms with Crippen LogP contribution in [0, 0.1) is 6.92 Å². The van der Waals surface area contributed by atoms with Gasteiger partial charge in [0.2, 0.25) is 5.91 Å². The molecule has 1 aliphatic rings. The van der Waals surface area contributed by atoms with Gasteiger partial charge in [0.05, 0.1) is 19.4 Å². The van der Waals surface area contributed by atoms with Crippen LogP contribution in [0.15, 0.2) is 42.5 Å². The van der Waals surface area contributed by atoms with Crippen LogP contribution in [0.5, 0.6) is 11.5 Å². The number of benzene rings is 2. The molecule has 33 heavy (non-hydrogen) atoms. The van der Waals surface area contributed by atoms with Gasteiger partial charge in [-0.05, 0) is 55.8 Å². The Morgan fingerprint density at radius 1 is 1.21 bits per heavy atom. The van der Waals surface area contributed by atoms with Crippen molar-refractivity contribution in [2.45, 2.75) is 25.8 Å². The van der Waals surface area contributed by atoms with E-state index in [1.807, 2.05) is 32.0 Å². The predicted molar refractivity (Wildman–Crippen MR) is 125 cm³/mol. The van der Waals surface area contributed by atoms with E-state index >= 15 is 0 Å². The van der Waals surface area contributed by atoms with Crippen molar-refractivity contribution in [3.05, 3.63) is 69.9 Å². The summed E-state index contributed by atoms with van der Waals surface area (Å²) in [5.41, 5.74) is 2.80. The summed E-state index contributed by atoms with van der Waals surface area (Å²) < 4.78 is 12.8. The third kappa shape index (κ3) is 4.26. The Balaban J connectivity index is 1.79. The van der Waals surface area contributed by atoms with Gasteiger partial charge in [0, 0.05) is 29.1 Å². The average molecular weight is 469 g/mol. The Morgan fingerprint density at radius 3 is 2.61 bits per heavy atom. The number of methoxy groups -OCH3 is 1. The van der Waals surface area contributed by atoms with Crippen LogP contribution in [-0.2, 0) is 11.8 Å². The molecule has 3 aromatic rings. The monoisotopic (exact) mass is 468 g/mol. The van der Waals surface area contributed by atoms with Gasteiger partial charge in [-0.25, -0.2) is 0 Å². The molecule has 0 fully saturated rings. The molecule has 0 saturated carbocycles. The van der Waals surface area contributed by atoms with Crippen LogP contribution in [0.25, 0.3) is 0 Å². The Morgan fingerprint density at radius 2 is 1.94 bits per heavy atom. The van der Waals surface area contributed by atoms with E-state index in [0.717, 1.165) is 16.8 Å². The maximum atomic E-state index is 13.2. The predicted octanol–water partition coefficient (Wildman–Crippen LogP) is 3.67. The average Bonchev–Trinajstić information content (AvgIpc) is 3.08. The first-order valence-corrected chi connectivity index (χ1v) is 10.9. The lowest BCUT2D eigenvalue weighted by Gasteiger charge is -2.33. The van der Waals surface area contributed by atoms with E-state index in [9.17, 15) is 9.59 Å². The lowest BCUT2D eigenvalue weighted by Crippen LogP contribution is -2.50. The molecular weight excluding hydrogens is 444 g/mol. The van der Waals surface area contributed by atoms with E-state index in [-0.39, 0.29) is 11.8 Å². The molecule has 9 heteroatoms. The van der Waals surface area contributed by atoms with Crippen LogP contribution in [-0.4, -0.2) is 41.4 Å². The van der Waals surface area contributed by atoms with Crippen molar-refractivity contribution >= 4 is 29.2 Å². The van der Waals surface area contributed by atoms with Gasteiger partial charge >= 0.3 is 0 Å². The number of hydrogen-bond acceptors (Lipinski definition) is 5. The number of halogens is 1. The van der Waals surface area contributed by atoms with Gasteiger partial charge in [-0.1, -0.05) is 17.7 Å². The van der Waals surface area contributed by atoms with Crippen LogP contribution >= 0.6 is 11.6 Å². The number of carbonyl (C=O) groups excluding carboxylic acids is 2. The number of hydrogen-bond donors (Lipinski definition) is 2. The first-order chi connectivity index (χ1) is 15.8. The Kier molecular flexibility index (Phi) is 6.29. The summed E-state index contributed by atoms with van der Waals surface area (Å²) in [4.78, 5) is 26.2. The van der Waals surface area contributed by atoms with Crippen molar-refractivity contribution in [2.75, 3.05) is 19.0 Å². The molecule has 0 saturated heterocycles. The van der Waals surface area contributed by atoms with Crippen LogP contribution in [0.1, 0.15) is 40.0 Å². The van der Waals surface area contributed by atoms with Crippen molar-refractivity contribution in [3.63, 3.8) is 0 Å². The first-order valence-electron chi connectivity index (χ1n) is 10.6. The van der Waals surface area contributed by atoms with Crippen molar-refractivity contribution in [1.29, 1.82) is 0 Å². The molecule has 2 heterocycles. The van der Waals surface area contributed by atoms with E-state index in [2.05, 4.69) is 15.7 Å². The molecule has 2 atom stereocenters. The molecule has 0 bridgehead atoms. The maximum absolute atomic E-state index is 13.2. The Labute approximate surface area is 196 Å². The lowest BCUT2D eigenvalue weighted by molar-refractivity contribution is -0.118. The molecule has 0 spiro atoms. The summed E-state index contributed by atoms with van der Waals surface area (Å²) in [6.07, 6.45) is 0. The summed E-state index contributed by atoms with van der Waals surface area (Å²) in [7, 11) is 3.34. The highest BCUT2D eigenvalue weighted by Gasteiger charge is 2.41. The molecule has 1 aliphatic heterocycles. The number of nitrogens with one attached hydrogen (secondary N) is 2. The van der Waals surface area contributed by atoms with E-state index in [4.69, 9.17) is 21.1 Å². The number of rotatable bonds is 6. The van der Waals surface area contributed by atoms with Gasteiger partial charge in [0.1, 0.15) is 11.9 Å². The molecule has 0 aliphatic carbocycles. The largest absolute Gasteiger partial charge is 0.493 e. The highest BCUT2D eigenvalue weighted by Crippen LogP contribution is 2.41. The van der Waals surface area contributed by atoms with Crippen LogP contribution in [0.4, 0.5) is 5.82 Å². The number of anilines is 1. The minimum atomic E-state index is -0.869. The van der Waals surface area contributed by atoms with Crippen molar-refractivity contribution < 1.29 is 19.1 Å². The number of amides is 2. The third-order valence-corrected chi connectivity index (χ3v) is 5.93. The Bertz CT molecular complexity index is 1210. The topological polar surface area (TPSA) is 94.5 Å². The maximum Gasteiger partial charge on any atom is 0.251 e. The fourth-order valence-corrected chi connectivity index (χ4v) is 4.32. The van der Waals surface area contributed by atoms with E-state index in [1.54, 1.807) is 43.1 Å².